The summed E-state index contributed by atoms with van der Waals surface area (Å²) in [5, 5.41) is 9.03. The summed E-state index contributed by atoms with van der Waals surface area (Å²) in [7, 11) is 3.48. The van der Waals surface area contributed by atoms with Crippen LogP contribution in [0.15, 0.2) is 18.2 Å². The van der Waals surface area contributed by atoms with E-state index in [4.69, 9.17) is 14.6 Å². The molecule has 1 aromatic carbocycles. The van der Waals surface area contributed by atoms with Crippen LogP contribution in [0.25, 0.3) is 0 Å². The van der Waals surface area contributed by atoms with Crippen LogP contribution in [0, 0.1) is 0 Å². The highest BCUT2D eigenvalue weighted by molar-refractivity contribution is 5.90. The lowest BCUT2D eigenvalue weighted by molar-refractivity contribution is 0.0627. The highest BCUT2D eigenvalue weighted by Crippen LogP contribution is 2.20. The number of carboxylic acid groups (broad SMARTS) is 1. The van der Waals surface area contributed by atoms with Gasteiger partial charge in [-0.25, -0.2) is 4.79 Å². The molecular weight excluding hydrogens is 258 g/mol. The molecule has 0 amide bonds. The lowest BCUT2D eigenvalue weighted by Gasteiger charge is -2.18. The van der Waals surface area contributed by atoms with Crippen molar-refractivity contribution in [1.82, 2.24) is 4.90 Å². The molecule has 0 saturated heterocycles. The first-order valence-electron chi connectivity index (χ1n) is 6.64. The fraction of sp³-hybridized carbons (Fsp3) is 0.533. The molecule has 0 saturated carbocycles. The van der Waals surface area contributed by atoms with Crippen molar-refractivity contribution in [3.63, 3.8) is 0 Å². The molecule has 0 aromatic heterocycles. The normalized spacial score (nSPS) is 11.1. The van der Waals surface area contributed by atoms with Gasteiger partial charge < -0.3 is 14.6 Å². The van der Waals surface area contributed by atoms with Crippen molar-refractivity contribution in [1.29, 1.82) is 0 Å². The van der Waals surface area contributed by atoms with Gasteiger partial charge in [-0.05, 0) is 38.6 Å². The number of nitrogens with zero attached hydrogens (tertiary/aromatic N) is 1. The molecule has 0 aliphatic heterocycles. The third kappa shape index (κ3) is 5.19. The first kappa shape index (κ1) is 16.5. The van der Waals surface area contributed by atoms with Crippen molar-refractivity contribution in [3.05, 3.63) is 29.3 Å². The van der Waals surface area contributed by atoms with Crippen molar-refractivity contribution >= 4 is 5.97 Å². The molecule has 0 fully saturated rings. The van der Waals surface area contributed by atoms with Gasteiger partial charge in [0, 0.05) is 13.1 Å². The highest BCUT2D eigenvalue weighted by atomic mass is 16.5. The maximum absolute atomic E-state index is 11.0. The maximum Gasteiger partial charge on any atom is 0.339 e. The van der Waals surface area contributed by atoms with Crippen LogP contribution in [0.1, 0.15) is 29.8 Å². The van der Waals surface area contributed by atoms with Crippen molar-refractivity contribution in [2.45, 2.75) is 26.5 Å². The molecule has 0 aliphatic rings. The Morgan fingerprint density at radius 3 is 2.65 bits per heavy atom. The van der Waals surface area contributed by atoms with E-state index in [-0.39, 0.29) is 11.7 Å². The van der Waals surface area contributed by atoms with E-state index in [9.17, 15) is 4.79 Å². The Bertz CT molecular complexity index is 445. The monoisotopic (exact) mass is 281 g/mol. The smallest absolute Gasteiger partial charge is 0.339 e. The molecule has 0 heterocycles. The molecule has 112 valence electrons. The molecule has 0 unspecified atom stereocenters. The summed E-state index contributed by atoms with van der Waals surface area (Å²) in [4.78, 5) is 13.1. The number of ether oxygens (including phenoxy) is 2. The fourth-order valence-electron chi connectivity index (χ4n) is 1.85. The summed E-state index contributed by atoms with van der Waals surface area (Å²) >= 11 is 0. The number of hydrogen-bond acceptors (Lipinski definition) is 4. The Balaban J connectivity index is 2.61. The average Bonchev–Trinajstić information content (AvgIpc) is 2.37. The van der Waals surface area contributed by atoms with Gasteiger partial charge in [-0.1, -0.05) is 6.07 Å². The predicted molar refractivity (Wildman–Crippen MR) is 77.4 cm³/mol. The van der Waals surface area contributed by atoms with E-state index >= 15 is 0 Å². The van der Waals surface area contributed by atoms with Gasteiger partial charge in [0.25, 0.3) is 0 Å². The Morgan fingerprint density at radius 1 is 1.40 bits per heavy atom. The molecule has 0 atom stereocenters. The van der Waals surface area contributed by atoms with Crippen LogP contribution in [0.4, 0.5) is 0 Å². The fourth-order valence-corrected chi connectivity index (χ4v) is 1.85. The number of benzene rings is 1. The number of methoxy groups -OCH3 is 1. The Morgan fingerprint density at radius 2 is 2.10 bits per heavy atom. The summed E-state index contributed by atoms with van der Waals surface area (Å²) in [5.41, 5.74) is 1.20. The summed E-state index contributed by atoms with van der Waals surface area (Å²) in [6.45, 7) is 6.24. The van der Waals surface area contributed by atoms with Gasteiger partial charge in [0.05, 0.1) is 19.8 Å². The SMILES string of the molecule is COc1cc(CN(C)CCOC(C)C)ccc1C(=O)O. The summed E-state index contributed by atoms with van der Waals surface area (Å²) < 4.78 is 10.6. The van der Waals surface area contributed by atoms with Gasteiger partial charge in [0.15, 0.2) is 0 Å². The second kappa shape index (κ2) is 7.87. The Hall–Kier alpha value is -1.59. The van der Waals surface area contributed by atoms with Crippen molar-refractivity contribution in [3.8, 4) is 5.75 Å². The molecule has 20 heavy (non-hydrogen) atoms. The van der Waals surface area contributed by atoms with Crippen LogP contribution in [0.2, 0.25) is 0 Å². The third-order valence-electron chi connectivity index (χ3n) is 2.87. The lowest BCUT2D eigenvalue weighted by atomic mass is 10.1. The topological polar surface area (TPSA) is 59.0 Å². The van der Waals surface area contributed by atoms with Gasteiger partial charge in [0.2, 0.25) is 0 Å². The van der Waals surface area contributed by atoms with Gasteiger partial charge in [0.1, 0.15) is 11.3 Å². The second-order valence-corrected chi connectivity index (χ2v) is 5.00. The van der Waals surface area contributed by atoms with Crippen LogP contribution in [0.3, 0.4) is 0 Å². The number of likely N-dealkylation sites (N-methyl/N-ethyl adjacent to an activating group) is 1. The van der Waals surface area contributed by atoms with Gasteiger partial charge in [-0.15, -0.1) is 0 Å². The molecule has 0 aliphatic carbocycles. The quantitative estimate of drug-likeness (QED) is 0.792. The summed E-state index contributed by atoms with van der Waals surface area (Å²) in [6, 6.07) is 5.16. The highest BCUT2D eigenvalue weighted by Gasteiger charge is 2.12. The third-order valence-corrected chi connectivity index (χ3v) is 2.87. The number of aromatic carboxylic acids is 1. The lowest BCUT2D eigenvalue weighted by Crippen LogP contribution is -2.24. The van der Waals surface area contributed by atoms with E-state index in [0.717, 1.165) is 18.7 Å². The number of hydrogen-bond donors (Lipinski definition) is 1. The molecule has 5 heteroatoms. The minimum atomic E-state index is -0.980. The van der Waals surface area contributed by atoms with Gasteiger partial charge in [-0.2, -0.15) is 0 Å². The Labute approximate surface area is 120 Å². The zero-order valence-electron chi connectivity index (χ0n) is 12.5. The van der Waals surface area contributed by atoms with Crippen LogP contribution < -0.4 is 4.74 Å². The van der Waals surface area contributed by atoms with Crippen molar-refractivity contribution < 1.29 is 19.4 Å². The molecule has 5 nitrogen and oxygen atoms in total. The van der Waals surface area contributed by atoms with Crippen LogP contribution in [-0.4, -0.2) is 49.4 Å². The number of carboxylic acids is 1. The first-order chi connectivity index (χ1) is 9.43. The van der Waals surface area contributed by atoms with E-state index < -0.39 is 5.97 Å². The number of carbonyl (C=O) groups is 1. The molecule has 0 radical (unpaired) electrons. The molecule has 0 bridgehead atoms. The Kier molecular flexibility index (Phi) is 6.48. The van der Waals surface area contributed by atoms with E-state index in [1.807, 2.05) is 27.0 Å². The van der Waals surface area contributed by atoms with Gasteiger partial charge in [-0.3, -0.25) is 4.90 Å². The zero-order valence-corrected chi connectivity index (χ0v) is 12.5. The minimum Gasteiger partial charge on any atom is -0.496 e. The maximum atomic E-state index is 11.0. The standard InChI is InChI=1S/C15H23NO4/c1-11(2)20-8-7-16(3)10-12-5-6-13(15(17)18)14(9-12)19-4/h5-6,9,11H,7-8,10H2,1-4H3,(H,17,18). The average molecular weight is 281 g/mol. The van der Waals surface area contributed by atoms with E-state index in [0.29, 0.717) is 12.4 Å². The summed E-state index contributed by atoms with van der Waals surface area (Å²) in [5.74, 6) is -0.589. The minimum absolute atomic E-state index is 0.182. The van der Waals surface area contributed by atoms with Crippen LogP contribution in [0.5, 0.6) is 5.75 Å². The van der Waals surface area contributed by atoms with Crippen molar-refractivity contribution in [2.24, 2.45) is 0 Å². The largest absolute Gasteiger partial charge is 0.496 e. The predicted octanol–water partition coefficient (Wildman–Crippen LogP) is 2.25. The van der Waals surface area contributed by atoms with Gasteiger partial charge >= 0.3 is 5.97 Å². The molecule has 1 rings (SSSR count). The molecule has 1 N–H and O–H groups in total. The van der Waals surface area contributed by atoms with E-state index in [1.165, 1.54) is 7.11 Å². The van der Waals surface area contributed by atoms with E-state index in [2.05, 4.69) is 4.90 Å². The summed E-state index contributed by atoms with van der Waals surface area (Å²) in [6.07, 6.45) is 0.235. The second-order valence-electron chi connectivity index (χ2n) is 5.00. The molecular formula is C15H23NO4. The number of rotatable bonds is 8. The van der Waals surface area contributed by atoms with Crippen LogP contribution in [-0.2, 0) is 11.3 Å². The van der Waals surface area contributed by atoms with E-state index in [1.54, 1.807) is 12.1 Å². The molecule has 0 spiro atoms. The van der Waals surface area contributed by atoms with Crippen LogP contribution >= 0.6 is 0 Å². The van der Waals surface area contributed by atoms with Crippen molar-refractivity contribution in [2.75, 3.05) is 27.3 Å². The zero-order chi connectivity index (χ0) is 15.1. The first-order valence-corrected chi connectivity index (χ1v) is 6.64. The molecule has 1 aromatic rings.